The van der Waals surface area contributed by atoms with E-state index in [0.29, 0.717) is 18.0 Å². The van der Waals surface area contributed by atoms with Crippen LogP contribution in [0.1, 0.15) is 44.2 Å². The van der Waals surface area contributed by atoms with Crippen LogP contribution in [0.25, 0.3) is 0 Å². The van der Waals surface area contributed by atoms with E-state index < -0.39 is 23.7 Å². The number of rotatable bonds is 9. The average molecular weight is 492 g/mol. The molecule has 2 N–H and O–H groups in total. The van der Waals surface area contributed by atoms with Gasteiger partial charge in [-0.15, -0.1) is 0 Å². The highest BCUT2D eigenvalue weighted by Gasteiger charge is 2.34. The molecule has 182 valence electrons. The SMILES string of the molecule is CC(C)C(NC(=O)CC1CCC(=O)N1Cc1cccc(F)c1F)C(=O)NCc1ccc(Cl)cc1. The number of hydrogen-bond acceptors (Lipinski definition) is 3. The van der Waals surface area contributed by atoms with Crippen LogP contribution >= 0.6 is 11.6 Å². The van der Waals surface area contributed by atoms with Crippen molar-refractivity contribution in [2.45, 2.75) is 58.3 Å². The van der Waals surface area contributed by atoms with Gasteiger partial charge in [-0.25, -0.2) is 8.78 Å². The highest BCUT2D eigenvalue weighted by Crippen LogP contribution is 2.25. The molecule has 1 saturated heterocycles. The molecule has 0 spiro atoms. The number of carbonyl (C=O) groups is 3. The summed E-state index contributed by atoms with van der Waals surface area (Å²) in [5.41, 5.74) is 0.929. The third-order valence-electron chi connectivity index (χ3n) is 5.89. The summed E-state index contributed by atoms with van der Waals surface area (Å²) < 4.78 is 27.6. The van der Waals surface area contributed by atoms with Crippen LogP contribution in [0, 0.1) is 17.6 Å². The zero-order chi connectivity index (χ0) is 24.8. The van der Waals surface area contributed by atoms with Gasteiger partial charge in [0.1, 0.15) is 6.04 Å². The number of nitrogens with one attached hydrogen (secondary N) is 2. The van der Waals surface area contributed by atoms with Crippen molar-refractivity contribution in [3.8, 4) is 0 Å². The van der Waals surface area contributed by atoms with Gasteiger partial charge in [-0.2, -0.15) is 0 Å². The van der Waals surface area contributed by atoms with Crippen molar-refractivity contribution in [1.29, 1.82) is 0 Å². The maximum atomic E-state index is 14.1. The van der Waals surface area contributed by atoms with Gasteiger partial charge >= 0.3 is 0 Å². The molecule has 0 radical (unpaired) electrons. The summed E-state index contributed by atoms with van der Waals surface area (Å²) in [5, 5.41) is 6.18. The lowest BCUT2D eigenvalue weighted by atomic mass is 10.0. The first kappa shape index (κ1) is 25.6. The van der Waals surface area contributed by atoms with E-state index in [9.17, 15) is 23.2 Å². The standard InChI is InChI=1S/C25H28ClF2N3O3/c1-15(2)24(25(34)29-13-16-6-8-18(26)9-7-16)30-21(32)12-19-10-11-22(33)31(19)14-17-4-3-5-20(27)23(17)28/h3-9,15,19,24H,10-14H2,1-2H3,(H,29,34)(H,30,32). The van der Waals surface area contributed by atoms with E-state index in [2.05, 4.69) is 10.6 Å². The molecular formula is C25H28ClF2N3O3. The first-order valence-electron chi connectivity index (χ1n) is 11.2. The topological polar surface area (TPSA) is 78.5 Å². The molecule has 1 aliphatic heterocycles. The fraction of sp³-hybridized carbons (Fsp3) is 0.400. The second-order valence-corrected chi connectivity index (χ2v) is 9.20. The highest BCUT2D eigenvalue weighted by atomic mass is 35.5. The molecule has 3 rings (SSSR count). The molecule has 1 fully saturated rings. The zero-order valence-electron chi connectivity index (χ0n) is 19.1. The van der Waals surface area contributed by atoms with E-state index in [0.717, 1.165) is 11.6 Å². The van der Waals surface area contributed by atoms with Crippen LogP contribution in [0.2, 0.25) is 5.02 Å². The molecule has 0 bridgehead atoms. The minimum absolute atomic E-state index is 0.0314. The summed E-state index contributed by atoms with van der Waals surface area (Å²) >= 11 is 5.88. The molecule has 6 nitrogen and oxygen atoms in total. The minimum atomic E-state index is -0.998. The van der Waals surface area contributed by atoms with Gasteiger partial charge in [-0.05, 0) is 36.1 Å². The average Bonchev–Trinajstić information content (AvgIpc) is 3.13. The molecule has 0 saturated carbocycles. The summed E-state index contributed by atoms with van der Waals surface area (Å²) in [5.74, 6) is -3.07. The Balaban J connectivity index is 1.59. The lowest BCUT2D eigenvalue weighted by Gasteiger charge is -2.27. The maximum Gasteiger partial charge on any atom is 0.243 e. The Labute approximate surface area is 202 Å². The van der Waals surface area contributed by atoms with E-state index in [1.165, 1.54) is 17.0 Å². The third-order valence-corrected chi connectivity index (χ3v) is 6.14. The third kappa shape index (κ3) is 6.53. The Hall–Kier alpha value is -3.00. The van der Waals surface area contributed by atoms with Crippen molar-refractivity contribution in [2.24, 2.45) is 5.92 Å². The molecule has 9 heteroatoms. The summed E-state index contributed by atoms with van der Waals surface area (Å²) in [7, 11) is 0. The smallest absolute Gasteiger partial charge is 0.243 e. The second-order valence-electron chi connectivity index (χ2n) is 8.76. The van der Waals surface area contributed by atoms with Crippen LogP contribution < -0.4 is 10.6 Å². The first-order valence-corrected chi connectivity index (χ1v) is 11.6. The number of benzene rings is 2. The van der Waals surface area contributed by atoms with E-state index in [-0.39, 0.29) is 48.6 Å². The van der Waals surface area contributed by atoms with Gasteiger partial charge in [-0.3, -0.25) is 14.4 Å². The summed E-state index contributed by atoms with van der Waals surface area (Å²) in [6.07, 6.45) is 0.624. The Morgan fingerprint density at radius 3 is 2.53 bits per heavy atom. The van der Waals surface area contributed by atoms with E-state index >= 15 is 0 Å². The van der Waals surface area contributed by atoms with Crippen molar-refractivity contribution in [3.05, 3.63) is 70.2 Å². The number of amides is 3. The minimum Gasteiger partial charge on any atom is -0.350 e. The van der Waals surface area contributed by atoms with Crippen molar-refractivity contribution in [3.63, 3.8) is 0 Å². The van der Waals surface area contributed by atoms with Gasteiger partial charge < -0.3 is 15.5 Å². The van der Waals surface area contributed by atoms with Gasteiger partial charge in [0.2, 0.25) is 17.7 Å². The fourth-order valence-electron chi connectivity index (χ4n) is 3.96. The largest absolute Gasteiger partial charge is 0.350 e. The second kappa shape index (κ2) is 11.4. The fourth-order valence-corrected chi connectivity index (χ4v) is 4.09. The molecular weight excluding hydrogens is 464 g/mol. The molecule has 1 heterocycles. The first-order chi connectivity index (χ1) is 16.2. The number of nitrogens with zero attached hydrogens (tertiary/aromatic N) is 1. The van der Waals surface area contributed by atoms with Gasteiger partial charge in [0.05, 0.1) is 0 Å². The number of carbonyl (C=O) groups excluding carboxylic acids is 3. The summed E-state index contributed by atoms with van der Waals surface area (Å²) in [6.45, 7) is 3.82. The van der Waals surface area contributed by atoms with Crippen LogP contribution in [-0.4, -0.2) is 34.7 Å². The lowest BCUT2D eigenvalue weighted by Crippen LogP contribution is -2.50. The van der Waals surface area contributed by atoms with Gasteiger partial charge in [0.25, 0.3) is 0 Å². The molecule has 3 amide bonds. The van der Waals surface area contributed by atoms with Crippen LogP contribution in [0.15, 0.2) is 42.5 Å². The molecule has 1 aliphatic rings. The number of likely N-dealkylation sites (tertiary alicyclic amines) is 1. The Bertz CT molecular complexity index is 1050. The molecule has 2 aromatic rings. The predicted octanol–water partition coefficient (Wildman–Crippen LogP) is 3.96. The van der Waals surface area contributed by atoms with Gasteiger partial charge in [-0.1, -0.05) is 49.7 Å². The van der Waals surface area contributed by atoms with Crippen molar-refractivity contribution in [1.82, 2.24) is 15.5 Å². The Morgan fingerprint density at radius 2 is 1.85 bits per heavy atom. The zero-order valence-corrected chi connectivity index (χ0v) is 19.9. The monoisotopic (exact) mass is 491 g/mol. The molecule has 0 aromatic heterocycles. The molecule has 2 unspecified atom stereocenters. The predicted molar refractivity (Wildman–Crippen MR) is 125 cm³/mol. The lowest BCUT2D eigenvalue weighted by molar-refractivity contribution is -0.132. The van der Waals surface area contributed by atoms with Crippen LogP contribution in [0.4, 0.5) is 8.78 Å². The molecule has 2 aromatic carbocycles. The van der Waals surface area contributed by atoms with E-state index in [4.69, 9.17) is 11.6 Å². The van der Waals surface area contributed by atoms with Crippen LogP contribution in [-0.2, 0) is 27.5 Å². The summed E-state index contributed by atoms with van der Waals surface area (Å²) in [4.78, 5) is 39.3. The summed E-state index contributed by atoms with van der Waals surface area (Å²) in [6, 6.07) is 9.67. The van der Waals surface area contributed by atoms with E-state index in [1.807, 2.05) is 13.8 Å². The van der Waals surface area contributed by atoms with Crippen molar-refractivity contribution in [2.75, 3.05) is 0 Å². The Morgan fingerprint density at radius 1 is 1.15 bits per heavy atom. The van der Waals surface area contributed by atoms with Crippen LogP contribution in [0.5, 0.6) is 0 Å². The normalized spacial score (nSPS) is 16.6. The maximum absolute atomic E-state index is 14.1. The Kier molecular flexibility index (Phi) is 8.61. The van der Waals surface area contributed by atoms with Crippen LogP contribution in [0.3, 0.4) is 0 Å². The van der Waals surface area contributed by atoms with Crippen molar-refractivity contribution < 1.29 is 23.2 Å². The highest BCUT2D eigenvalue weighted by molar-refractivity contribution is 6.30. The number of halogens is 3. The number of hydrogen-bond donors (Lipinski definition) is 2. The van der Waals surface area contributed by atoms with E-state index in [1.54, 1.807) is 24.3 Å². The van der Waals surface area contributed by atoms with Crippen molar-refractivity contribution >= 4 is 29.3 Å². The quantitative estimate of drug-likeness (QED) is 0.557. The van der Waals surface area contributed by atoms with Gasteiger partial charge in [0, 0.05) is 42.6 Å². The van der Waals surface area contributed by atoms with Gasteiger partial charge in [0.15, 0.2) is 11.6 Å². The molecule has 2 atom stereocenters. The molecule has 0 aliphatic carbocycles. The molecule has 34 heavy (non-hydrogen) atoms.